The molecule has 0 aliphatic carbocycles. The van der Waals surface area contributed by atoms with Gasteiger partial charge in [0.15, 0.2) is 11.5 Å². The molecule has 0 spiro atoms. The van der Waals surface area contributed by atoms with Crippen LogP contribution in [0.25, 0.3) is 11.1 Å². The Kier molecular flexibility index (Phi) is 3.37. The smallest absolute Gasteiger partial charge is 0.161 e. The molecule has 2 aromatic carbocycles. The van der Waals surface area contributed by atoms with Gasteiger partial charge in [-0.1, -0.05) is 12.1 Å². The van der Waals surface area contributed by atoms with Crippen molar-refractivity contribution in [3.8, 4) is 28.4 Å². The lowest BCUT2D eigenvalue weighted by atomic mass is 10.0. The van der Waals surface area contributed by atoms with Crippen molar-refractivity contribution in [3.63, 3.8) is 0 Å². The van der Waals surface area contributed by atoms with Crippen molar-refractivity contribution in [3.05, 3.63) is 36.4 Å². The zero-order valence-corrected chi connectivity index (χ0v) is 11.4. The third kappa shape index (κ3) is 2.37. The van der Waals surface area contributed by atoms with Gasteiger partial charge in [0.25, 0.3) is 0 Å². The van der Waals surface area contributed by atoms with Crippen molar-refractivity contribution in [2.45, 2.75) is 6.42 Å². The molecule has 104 valence electrons. The Morgan fingerprint density at radius 1 is 0.950 bits per heavy atom. The summed E-state index contributed by atoms with van der Waals surface area (Å²) in [6, 6.07) is 11.7. The van der Waals surface area contributed by atoms with Gasteiger partial charge < -0.3 is 19.9 Å². The Morgan fingerprint density at radius 2 is 1.65 bits per heavy atom. The molecule has 1 aliphatic heterocycles. The van der Waals surface area contributed by atoms with E-state index >= 15 is 0 Å². The van der Waals surface area contributed by atoms with Crippen molar-refractivity contribution in [2.75, 3.05) is 26.1 Å². The van der Waals surface area contributed by atoms with Gasteiger partial charge in [0.05, 0.1) is 26.0 Å². The number of anilines is 1. The normalized spacial score (nSPS) is 13.7. The number of methoxy groups -OCH3 is 1. The highest BCUT2D eigenvalue weighted by atomic mass is 16.5. The molecule has 0 radical (unpaired) electrons. The summed E-state index contributed by atoms with van der Waals surface area (Å²) in [7, 11) is 1.61. The summed E-state index contributed by atoms with van der Waals surface area (Å²) in [6.07, 6.45) is 0.902. The molecule has 4 heteroatoms. The van der Waals surface area contributed by atoms with E-state index in [-0.39, 0.29) is 0 Å². The van der Waals surface area contributed by atoms with E-state index in [1.807, 2.05) is 36.4 Å². The Bertz CT molecular complexity index is 625. The summed E-state index contributed by atoms with van der Waals surface area (Å²) < 4.78 is 16.5. The largest absolute Gasteiger partial charge is 0.495 e. The second-order valence-electron chi connectivity index (χ2n) is 4.67. The Labute approximate surface area is 118 Å². The number of fused-ring (bicyclic) bond motifs is 1. The van der Waals surface area contributed by atoms with E-state index in [1.54, 1.807) is 7.11 Å². The van der Waals surface area contributed by atoms with Crippen molar-refractivity contribution in [1.29, 1.82) is 0 Å². The van der Waals surface area contributed by atoms with Crippen molar-refractivity contribution >= 4 is 5.69 Å². The zero-order valence-electron chi connectivity index (χ0n) is 11.4. The van der Waals surface area contributed by atoms with Crippen molar-refractivity contribution in [1.82, 2.24) is 0 Å². The van der Waals surface area contributed by atoms with E-state index < -0.39 is 0 Å². The van der Waals surface area contributed by atoms with Crippen molar-refractivity contribution in [2.24, 2.45) is 0 Å². The third-order valence-corrected chi connectivity index (χ3v) is 3.31. The number of ether oxygens (including phenoxy) is 3. The van der Waals surface area contributed by atoms with Crippen LogP contribution in [0.1, 0.15) is 6.42 Å². The SMILES string of the molecule is COc1ccc(-c2ccc3c(c2)OCCCO3)cc1N. The minimum Gasteiger partial charge on any atom is -0.495 e. The van der Waals surface area contributed by atoms with Crippen LogP contribution in [0.2, 0.25) is 0 Å². The fourth-order valence-electron chi connectivity index (χ4n) is 2.26. The van der Waals surface area contributed by atoms with Crippen LogP contribution in [0.4, 0.5) is 5.69 Å². The highest BCUT2D eigenvalue weighted by molar-refractivity contribution is 5.72. The molecule has 0 saturated heterocycles. The first-order valence-electron chi connectivity index (χ1n) is 6.61. The highest BCUT2D eigenvalue weighted by Gasteiger charge is 2.12. The predicted molar refractivity (Wildman–Crippen MR) is 78.4 cm³/mol. The summed E-state index contributed by atoms with van der Waals surface area (Å²) in [5.74, 6) is 2.27. The summed E-state index contributed by atoms with van der Waals surface area (Å²) in [4.78, 5) is 0. The van der Waals surface area contributed by atoms with E-state index in [9.17, 15) is 0 Å². The van der Waals surface area contributed by atoms with Crippen LogP contribution in [-0.4, -0.2) is 20.3 Å². The van der Waals surface area contributed by atoms with Gasteiger partial charge >= 0.3 is 0 Å². The zero-order chi connectivity index (χ0) is 13.9. The Balaban J connectivity index is 1.98. The minimum absolute atomic E-state index is 0.622. The van der Waals surface area contributed by atoms with Crippen LogP contribution in [0.5, 0.6) is 17.2 Å². The van der Waals surface area contributed by atoms with Gasteiger partial charge in [-0.2, -0.15) is 0 Å². The van der Waals surface area contributed by atoms with Crippen LogP contribution < -0.4 is 19.9 Å². The molecule has 1 heterocycles. The molecular formula is C16H17NO3. The first-order chi connectivity index (χ1) is 9.78. The number of hydrogen-bond donors (Lipinski definition) is 1. The predicted octanol–water partition coefficient (Wildman–Crippen LogP) is 3.11. The number of nitrogens with two attached hydrogens (primary N) is 1. The topological polar surface area (TPSA) is 53.7 Å². The molecule has 0 amide bonds. The summed E-state index contributed by atoms with van der Waals surface area (Å²) in [6.45, 7) is 1.38. The first kappa shape index (κ1) is 12.7. The second-order valence-corrected chi connectivity index (χ2v) is 4.67. The molecule has 2 N–H and O–H groups in total. The van der Waals surface area contributed by atoms with Gasteiger partial charge in [0.1, 0.15) is 5.75 Å². The minimum atomic E-state index is 0.622. The lowest BCUT2D eigenvalue weighted by Crippen LogP contribution is -1.97. The summed E-state index contributed by atoms with van der Waals surface area (Å²) in [5, 5.41) is 0. The van der Waals surface area contributed by atoms with Gasteiger partial charge in [-0.25, -0.2) is 0 Å². The maximum Gasteiger partial charge on any atom is 0.161 e. The van der Waals surface area contributed by atoms with Crippen molar-refractivity contribution < 1.29 is 14.2 Å². The molecule has 3 rings (SSSR count). The Hall–Kier alpha value is -2.36. The highest BCUT2D eigenvalue weighted by Crippen LogP contribution is 2.35. The number of rotatable bonds is 2. The maximum atomic E-state index is 5.95. The molecule has 1 aliphatic rings. The molecule has 20 heavy (non-hydrogen) atoms. The molecule has 0 atom stereocenters. The third-order valence-electron chi connectivity index (χ3n) is 3.31. The lowest BCUT2D eigenvalue weighted by molar-refractivity contribution is 0.297. The van der Waals surface area contributed by atoms with Gasteiger partial charge in [-0.05, 0) is 35.4 Å². The van der Waals surface area contributed by atoms with Crippen LogP contribution in [-0.2, 0) is 0 Å². The summed E-state index contributed by atoms with van der Waals surface area (Å²) in [5.41, 5.74) is 8.65. The van der Waals surface area contributed by atoms with Gasteiger partial charge in [0.2, 0.25) is 0 Å². The van der Waals surface area contributed by atoms with Gasteiger partial charge in [-0.3, -0.25) is 0 Å². The fraction of sp³-hybridized carbons (Fsp3) is 0.250. The fourth-order valence-corrected chi connectivity index (χ4v) is 2.26. The molecule has 4 nitrogen and oxygen atoms in total. The number of benzene rings is 2. The second kappa shape index (κ2) is 5.33. The van der Waals surface area contributed by atoms with Gasteiger partial charge in [0, 0.05) is 6.42 Å². The molecule has 0 aromatic heterocycles. The van der Waals surface area contributed by atoms with Crippen LogP contribution in [0, 0.1) is 0 Å². The quantitative estimate of drug-likeness (QED) is 0.853. The number of nitrogen functional groups attached to an aromatic ring is 1. The first-order valence-corrected chi connectivity index (χ1v) is 6.61. The molecular weight excluding hydrogens is 254 g/mol. The summed E-state index contributed by atoms with van der Waals surface area (Å²) >= 11 is 0. The van der Waals surface area contributed by atoms with E-state index in [0.717, 1.165) is 29.0 Å². The molecule has 0 bridgehead atoms. The Morgan fingerprint density at radius 3 is 2.40 bits per heavy atom. The average Bonchev–Trinajstić information content (AvgIpc) is 2.71. The van der Waals surface area contributed by atoms with Crippen LogP contribution in [0.3, 0.4) is 0 Å². The monoisotopic (exact) mass is 271 g/mol. The molecule has 0 saturated carbocycles. The molecule has 0 fully saturated rings. The van der Waals surface area contributed by atoms with E-state index in [1.165, 1.54) is 0 Å². The van der Waals surface area contributed by atoms with E-state index in [4.69, 9.17) is 19.9 Å². The van der Waals surface area contributed by atoms with Gasteiger partial charge in [-0.15, -0.1) is 0 Å². The molecule has 2 aromatic rings. The van der Waals surface area contributed by atoms with E-state index in [0.29, 0.717) is 24.7 Å². The van der Waals surface area contributed by atoms with Crippen LogP contribution >= 0.6 is 0 Å². The molecule has 0 unspecified atom stereocenters. The maximum absolute atomic E-state index is 5.95. The van der Waals surface area contributed by atoms with E-state index in [2.05, 4.69) is 0 Å². The lowest BCUT2D eigenvalue weighted by Gasteiger charge is -2.11. The number of hydrogen-bond acceptors (Lipinski definition) is 4. The average molecular weight is 271 g/mol. The standard InChI is InChI=1S/C16H17NO3/c1-18-14-5-3-11(9-13(14)17)12-4-6-15-16(10-12)20-8-2-7-19-15/h3-6,9-10H,2,7-8,17H2,1H3. The van der Waals surface area contributed by atoms with Crippen LogP contribution in [0.15, 0.2) is 36.4 Å².